The molecule has 0 fully saturated rings. The normalized spacial score (nSPS) is 11.0. The van der Waals surface area contributed by atoms with Gasteiger partial charge in [0.05, 0.1) is 6.61 Å². The molecule has 216 valence electrons. The van der Waals surface area contributed by atoms with E-state index in [0.717, 1.165) is 55.1 Å². The van der Waals surface area contributed by atoms with Crippen molar-refractivity contribution in [3.8, 4) is 11.5 Å². The fourth-order valence-electron chi connectivity index (χ4n) is 4.48. The molecule has 0 N–H and O–H groups in total. The summed E-state index contributed by atoms with van der Waals surface area (Å²) in [6.07, 6.45) is 6.84. The molecule has 0 aliphatic rings. The molecule has 3 aromatic rings. The highest BCUT2D eigenvalue weighted by Gasteiger charge is 2.18. The fraction of sp³-hybridized carbons (Fsp3) is 0.457. The van der Waals surface area contributed by atoms with Crippen LogP contribution in [-0.2, 0) is 13.2 Å². The predicted octanol–water partition coefficient (Wildman–Crippen LogP) is 7.99. The molecule has 0 saturated carbocycles. The molecule has 3 aromatic carbocycles. The third-order valence-electron chi connectivity index (χ3n) is 7.04. The number of hydrogen-bond acceptors (Lipinski definition) is 4. The topological polar surface area (TPSA) is 42.0 Å². The van der Waals surface area contributed by atoms with Gasteiger partial charge in [0.15, 0.2) is 0 Å². The lowest BCUT2D eigenvalue weighted by molar-refractivity contribution is 0.0720. The monoisotopic (exact) mass is 544 g/mol. The van der Waals surface area contributed by atoms with Crippen molar-refractivity contribution in [3.63, 3.8) is 0 Å². The standard InChI is InChI=1S/C35H48N2O3/c1-4-7-23-36(24-8-5-2)25-26-37(35(38)32-17-21-33(22-18-32)39-27-9-6-3)28-30-15-19-34(20-16-30)40-29-31-13-11-10-12-14-31/h10-22H,4-9,23-29H2,1-3H3. The number of nitrogens with zero attached hydrogens (tertiary/aromatic N) is 2. The van der Waals surface area contributed by atoms with Gasteiger partial charge in [-0.3, -0.25) is 4.79 Å². The van der Waals surface area contributed by atoms with Crippen LogP contribution in [0.4, 0.5) is 0 Å². The maximum atomic E-state index is 13.7. The van der Waals surface area contributed by atoms with Gasteiger partial charge in [-0.05, 0) is 79.9 Å². The smallest absolute Gasteiger partial charge is 0.254 e. The van der Waals surface area contributed by atoms with Gasteiger partial charge >= 0.3 is 0 Å². The van der Waals surface area contributed by atoms with Crippen LogP contribution >= 0.6 is 0 Å². The Balaban J connectivity index is 1.68. The lowest BCUT2D eigenvalue weighted by Crippen LogP contribution is -2.39. The van der Waals surface area contributed by atoms with Crippen LogP contribution in [0, 0.1) is 0 Å². The van der Waals surface area contributed by atoms with Crippen molar-refractivity contribution in [3.05, 3.63) is 95.6 Å². The largest absolute Gasteiger partial charge is 0.494 e. The van der Waals surface area contributed by atoms with E-state index in [1.807, 2.05) is 59.5 Å². The number of benzene rings is 3. The minimum atomic E-state index is 0.0513. The van der Waals surface area contributed by atoms with Gasteiger partial charge in [0.1, 0.15) is 18.1 Å². The molecule has 3 rings (SSSR count). The molecule has 0 heterocycles. The average molecular weight is 545 g/mol. The zero-order valence-electron chi connectivity index (χ0n) is 24.8. The van der Waals surface area contributed by atoms with E-state index in [-0.39, 0.29) is 5.91 Å². The van der Waals surface area contributed by atoms with Gasteiger partial charge in [-0.15, -0.1) is 0 Å². The molecule has 0 bridgehead atoms. The number of unbranched alkanes of at least 4 members (excludes halogenated alkanes) is 3. The maximum absolute atomic E-state index is 13.7. The van der Waals surface area contributed by atoms with Crippen molar-refractivity contribution < 1.29 is 14.3 Å². The Morgan fingerprint density at radius 1 is 0.625 bits per heavy atom. The quantitative estimate of drug-likeness (QED) is 0.143. The summed E-state index contributed by atoms with van der Waals surface area (Å²) >= 11 is 0. The molecule has 1 amide bonds. The first-order chi connectivity index (χ1) is 19.6. The van der Waals surface area contributed by atoms with Crippen LogP contribution in [0.25, 0.3) is 0 Å². The molecule has 5 nitrogen and oxygen atoms in total. The number of hydrogen-bond donors (Lipinski definition) is 0. The van der Waals surface area contributed by atoms with Crippen molar-refractivity contribution in [2.75, 3.05) is 32.8 Å². The molecule has 0 aliphatic heterocycles. The molecule has 0 radical (unpaired) electrons. The van der Waals surface area contributed by atoms with Crippen LogP contribution in [0.15, 0.2) is 78.9 Å². The average Bonchev–Trinajstić information content (AvgIpc) is 3.00. The molecule has 0 saturated heterocycles. The lowest BCUT2D eigenvalue weighted by Gasteiger charge is -2.28. The van der Waals surface area contributed by atoms with Gasteiger partial charge in [-0.25, -0.2) is 0 Å². The molecule has 0 atom stereocenters. The number of carbonyl (C=O) groups excluding carboxylic acids is 1. The van der Waals surface area contributed by atoms with Crippen molar-refractivity contribution in [2.45, 2.75) is 72.4 Å². The van der Waals surface area contributed by atoms with Crippen LogP contribution in [0.3, 0.4) is 0 Å². The van der Waals surface area contributed by atoms with Gasteiger partial charge < -0.3 is 19.3 Å². The van der Waals surface area contributed by atoms with Crippen molar-refractivity contribution in [1.29, 1.82) is 0 Å². The maximum Gasteiger partial charge on any atom is 0.254 e. The highest BCUT2D eigenvalue weighted by atomic mass is 16.5. The zero-order valence-corrected chi connectivity index (χ0v) is 24.8. The van der Waals surface area contributed by atoms with Crippen LogP contribution in [0.2, 0.25) is 0 Å². The summed E-state index contributed by atoms with van der Waals surface area (Å²) in [5.41, 5.74) is 2.92. The second-order valence-electron chi connectivity index (χ2n) is 10.4. The van der Waals surface area contributed by atoms with Gasteiger partial charge in [0, 0.05) is 25.2 Å². The van der Waals surface area contributed by atoms with Gasteiger partial charge in [0.2, 0.25) is 0 Å². The minimum absolute atomic E-state index is 0.0513. The van der Waals surface area contributed by atoms with Crippen LogP contribution in [0.5, 0.6) is 11.5 Å². The third kappa shape index (κ3) is 11.1. The van der Waals surface area contributed by atoms with Gasteiger partial charge in [0.25, 0.3) is 5.91 Å². The van der Waals surface area contributed by atoms with Gasteiger partial charge in [-0.2, -0.15) is 0 Å². The number of carbonyl (C=O) groups is 1. The summed E-state index contributed by atoms with van der Waals surface area (Å²) in [7, 11) is 0. The first-order valence-electron chi connectivity index (χ1n) is 15.1. The van der Waals surface area contributed by atoms with E-state index < -0.39 is 0 Å². The Morgan fingerprint density at radius 3 is 1.85 bits per heavy atom. The van der Waals surface area contributed by atoms with Crippen LogP contribution in [0.1, 0.15) is 80.8 Å². The Bertz CT molecular complexity index is 1080. The Kier molecular flexibility index (Phi) is 14.1. The summed E-state index contributed by atoms with van der Waals surface area (Å²) in [4.78, 5) is 18.2. The molecule has 40 heavy (non-hydrogen) atoms. The van der Waals surface area contributed by atoms with Crippen molar-refractivity contribution >= 4 is 5.91 Å². The van der Waals surface area contributed by atoms with E-state index >= 15 is 0 Å². The molecule has 0 spiro atoms. The van der Waals surface area contributed by atoms with Crippen molar-refractivity contribution in [1.82, 2.24) is 9.80 Å². The molecule has 0 unspecified atom stereocenters. The lowest BCUT2D eigenvalue weighted by atomic mass is 10.1. The second-order valence-corrected chi connectivity index (χ2v) is 10.4. The molecular formula is C35H48N2O3. The highest BCUT2D eigenvalue weighted by molar-refractivity contribution is 5.94. The summed E-state index contributed by atoms with van der Waals surface area (Å²) in [6.45, 7) is 12.1. The number of ether oxygens (including phenoxy) is 2. The Labute approximate surface area is 242 Å². The van der Waals surface area contributed by atoms with E-state index in [1.165, 1.54) is 25.7 Å². The van der Waals surface area contributed by atoms with E-state index in [4.69, 9.17) is 9.47 Å². The van der Waals surface area contributed by atoms with Crippen molar-refractivity contribution in [2.24, 2.45) is 0 Å². The molecular weight excluding hydrogens is 496 g/mol. The van der Waals surface area contributed by atoms with Gasteiger partial charge in [-0.1, -0.05) is 82.5 Å². The summed E-state index contributed by atoms with van der Waals surface area (Å²) in [5, 5.41) is 0. The third-order valence-corrected chi connectivity index (χ3v) is 7.04. The van der Waals surface area contributed by atoms with E-state index in [0.29, 0.717) is 31.9 Å². The van der Waals surface area contributed by atoms with Crippen LogP contribution < -0.4 is 9.47 Å². The summed E-state index contributed by atoms with van der Waals surface area (Å²) in [5.74, 6) is 1.69. The predicted molar refractivity (Wildman–Crippen MR) is 165 cm³/mol. The first kappa shape index (κ1) is 31.2. The van der Waals surface area contributed by atoms with E-state index in [9.17, 15) is 4.79 Å². The Hall–Kier alpha value is -3.31. The SMILES string of the molecule is CCCCOc1ccc(C(=O)N(CCN(CCCC)CCCC)Cc2ccc(OCc3ccccc3)cc2)cc1. The van der Waals surface area contributed by atoms with E-state index in [2.05, 4.69) is 49.9 Å². The molecule has 0 aromatic heterocycles. The van der Waals surface area contributed by atoms with E-state index in [1.54, 1.807) is 0 Å². The van der Waals surface area contributed by atoms with Crippen LogP contribution in [-0.4, -0.2) is 48.5 Å². The second kappa shape index (κ2) is 18.1. The summed E-state index contributed by atoms with van der Waals surface area (Å²) < 4.78 is 11.8. The minimum Gasteiger partial charge on any atom is -0.494 e. The summed E-state index contributed by atoms with van der Waals surface area (Å²) in [6, 6.07) is 25.9. The number of rotatable bonds is 19. The fourth-order valence-corrected chi connectivity index (χ4v) is 4.48. The molecule has 5 heteroatoms. The zero-order chi connectivity index (χ0) is 28.4. The first-order valence-corrected chi connectivity index (χ1v) is 15.1. The highest BCUT2D eigenvalue weighted by Crippen LogP contribution is 2.19. The Morgan fingerprint density at radius 2 is 1.23 bits per heavy atom. The number of amides is 1. The molecule has 0 aliphatic carbocycles.